The summed E-state index contributed by atoms with van der Waals surface area (Å²) in [5, 5.41) is 6.01. The minimum Gasteiger partial charge on any atom is -0.366 e. The lowest BCUT2D eigenvalue weighted by atomic mass is 10.1. The fourth-order valence-corrected chi connectivity index (χ4v) is 4.61. The number of hydrogen-bond donors (Lipinski definition) is 3. The van der Waals surface area contributed by atoms with E-state index in [1.54, 1.807) is 13.1 Å². The molecule has 32 heavy (non-hydrogen) atoms. The Hall–Kier alpha value is -3.46. The predicted molar refractivity (Wildman–Crippen MR) is 124 cm³/mol. The molecule has 1 atom stereocenters. The zero-order valence-electron chi connectivity index (χ0n) is 18.3. The van der Waals surface area contributed by atoms with Crippen LogP contribution in [0.4, 0.5) is 11.5 Å². The molecule has 0 saturated carbocycles. The van der Waals surface area contributed by atoms with E-state index in [1.807, 2.05) is 31.3 Å². The Balaban J connectivity index is 1.30. The van der Waals surface area contributed by atoms with E-state index in [4.69, 9.17) is 0 Å². The smallest absolute Gasteiger partial charge is 0.269 e. The minimum atomic E-state index is -0.183. The minimum absolute atomic E-state index is 0.0345. The lowest BCUT2D eigenvalue weighted by Gasteiger charge is -2.46. The van der Waals surface area contributed by atoms with E-state index < -0.39 is 0 Å². The van der Waals surface area contributed by atoms with E-state index >= 15 is 0 Å². The number of nitrogens with zero attached hydrogens (tertiary/aromatic N) is 4. The molecule has 0 aliphatic carbocycles. The van der Waals surface area contributed by atoms with Crippen molar-refractivity contribution in [2.24, 2.45) is 0 Å². The summed E-state index contributed by atoms with van der Waals surface area (Å²) in [5.74, 6) is 0.586. The summed E-state index contributed by atoms with van der Waals surface area (Å²) < 4.78 is 0. The number of fused-ring (bicyclic) bond motifs is 4. The van der Waals surface area contributed by atoms with Crippen molar-refractivity contribution in [2.45, 2.75) is 25.9 Å². The van der Waals surface area contributed by atoms with Gasteiger partial charge < -0.3 is 20.5 Å². The van der Waals surface area contributed by atoms with Crippen LogP contribution in [0.2, 0.25) is 0 Å². The molecule has 1 saturated heterocycles. The van der Waals surface area contributed by atoms with E-state index in [1.165, 1.54) is 0 Å². The van der Waals surface area contributed by atoms with Gasteiger partial charge in [0.05, 0.1) is 22.8 Å². The first-order chi connectivity index (χ1) is 15.6. The first-order valence-electron chi connectivity index (χ1n) is 11.0. The van der Waals surface area contributed by atoms with Gasteiger partial charge in [0, 0.05) is 51.5 Å². The third-order valence-electron chi connectivity index (χ3n) is 6.33. The molecule has 9 nitrogen and oxygen atoms in total. The van der Waals surface area contributed by atoms with E-state index in [9.17, 15) is 9.59 Å². The van der Waals surface area contributed by atoms with Gasteiger partial charge in [-0.15, -0.1) is 0 Å². The Labute approximate surface area is 185 Å². The van der Waals surface area contributed by atoms with Crippen LogP contribution in [0.1, 0.15) is 28.5 Å². The number of aryl methyl sites for hydroxylation is 1. The topological polar surface area (TPSA) is 106 Å². The van der Waals surface area contributed by atoms with Gasteiger partial charge in [0.1, 0.15) is 5.69 Å². The van der Waals surface area contributed by atoms with Crippen LogP contribution < -0.4 is 21.1 Å². The number of nitrogens with one attached hydrogen (secondary N) is 3. The highest BCUT2D eigenvalue weighted by Gasteiger charge is 2.32. The molecule has 1 amide bonds. The summed E-state index contributed by atoms with van der Waals surface area (Å²) in [6.45, 7) is 6.24. The van der Waals surface area contributed by atoms with E-state index in [2.05, 4.69) is 35.4 Å². The van der Waals surface area contributed by atoms with Crippen LogP contribution in [0, 0.1) is 0 Å². The van der Waals surface area contributed by atoms with Crippen molar-refractivity contribution in [2.75, 3.05) is 43.4 Å². The Morgan fingerprint density at radius 1 is 1.28 bits per heavy atom. The van der Waals surface area contributed by atoms with E-state index in [0.29, 0.717) is 18.2 Å². The summed E-state index contributed by atoms with van der Waals surface area (Å²) in [7, 11) is 1.61. The van der Waals surface area contributed by atoms with Crippen molar-refractivity contribution in [3.8, 4) is 0 Å². The van der Waals surface area contributed by atoms with Gasteiger partial charge in [-0.05, 0) is 36.2 Å². The van der Waals surface area contributed by atoms with Gasteiger partial charge in [-0.25, -0.2) is 4.98 Å². The monoisotopic (exact) mass is 433 g/mol. The number of rotatable bonds is 4. The third kappa shape index (κ3) is 3.69. The summed E-state index contributed by atoms with van der Waals surface area (Å²) in [6.07, 6.45) is 2.60. The molecular weight excluding hydrogens is 406 g/mol. The molecule has 0 radical (unpaired) electrons. The quantitative estimate of drug-likeness (QED) is 0.570. The molecule has 1 fully saturated rings. The number of piperazine rings is 1. The average molecular weight is 434 g/mol. The molecule has 0 bridgehead atoms. The summed E-state index contributed by atoms with van der Waals surface area (Å²) >= 11 is 0. The van der Waals surface area contributed by atoms with Crippen molar-refractivity contribution < 1.29 is 4.79 Å². The van der Waals surface area contributed by atoms with Gasteiger partial charge in [-0.3, -0.25) is 19.5 Å². The van der Waals surface area contributed by atoms with Gasteiger partial charge in [-0.1, -0.05) is 6.92 Å². The Bertz CT molecular complexity index is 1240. The fourth-order valence-electron chi connectivity index (χ4n) is 4.61. The molecule has 5 rings (SSSR count). The maximum Gasteiger partial charge on any atom is 0.269 e. The molecule has 0 aromatic carbocycles. The number of H-pyrrole nitrogens is 1. The predicted octanol–water partition coefficient (Wildman–Crippen LogP) is 1.36. The second kappa shape index (κ2) is 8.23. The number of amides is 1. The maximum atomic E-state index is 12.2. The lowest BCUT2D eigenvalue weighted by Crippen LogP contribution is -2.57. The molecule has 166 valence electrons. The first-order valence-corrected chi connectivity index (χ1v) is 11.0. The van der Waals surface area contributed by atoms with Crippen LogP contribution in [0.25, 0.3) is 11.0 Å². The Morgan fingerprint density at radius 2 is 2.16 bits per heavy atom. The molecule has 9 heteroatoms. The fraction of sp³-hybridized carbons (Fsp3) is 0.391. The average Bonchev–Trinajstić information content (AvgIpc) is 2.82. The van der Waals surface area contributed by atoms with E-state index in [-0.39, 0.29) is 11.5 Å². The first kappa shape index (κ1) is 20.4. The van der Waals surface area contributed by atoms with Crippen LogP contribution in [-0.2, 0) is 13.0 Å². The van der Waals surface area contributed by atoms with Crippen molar-refractivity contribution in [3.63, 3.8) is 0 Å². The van der Waals surface area contributed by atoms with Crippen molar-refractivity contribution in [3.05, 3.63) is 57.6 Å². The van der Waals surface area contributed by atoms with Crippen molar-refractivity contribution in [1.29, 1.82) is 0 Å². The molecule has 3 aromatic rings. The SMILES string of the molecule is CCc1cc2ncc(CN3CCN4c5ccc(C(=O)NC)nc5NC[C@H]4C3)cc2[nH]c1=O. The molecule has 0 unspecified atom stereocenters. The number of carbonyl (C=O) groups excluding carboxylic acids is 1. The van der Waals surface area contributed by atoms with Gasteiger partial charge in [0.2, 0.25) is 0 Å². The van der Waals surface area contributed by atoms with Crippen LogP contribution in [0.5, 0.6) is 0 Å². The highest BCUT2D eigenvalue weighted by Crippen LogP contribution is 2.32. The molecule has 5 heterocycles. The molecule has 3 aromatic heterocycles. The highest BCUT2D eigenvalue weighted by atomic mass is 16.1. The molecule has 0 spiro atoms. The second-order valence-electron chi connectivity index (χ2n) is 8.36. The van der Waals surface area contributed by atoms with E-state index in [0.717, 1.165) is 66.4 Å². The molecule has 2 aliphatic heterocycles. The number of pyridine rings is 3. The second-order valence-corrected chi connectivity index (χ2v) is 8.36. The molecule has 2 aliphatic rings. The third-order valence-corrected chi connectivity index (χ3v) is 6.33. The maximum absolute atomic E-state index is 12.2. The Morgan fingerprint density at radius 3 is 2.97 bits per heavy atom. The van der Waals surface area contributed by atoms with Gasteiger partial charge in [-0.2, -0.15) is 0 Å². The van der Waals surface area contributed by atoms with Gasteiger partial charge in [0.15, 0.2) is 5.82 Å². The van der Waals surface area contributed by atoms with Crippen LogP contribution in [0.15, 0.2) is 35.3 Å². The Kier molecular flexibility index (Phi) is 5.26. The van der Waals surface area contributed by atoms with Crippen molar-refractivity contribution >= 4 is 28.4 Å². The zero-order chi connectivity index (χ0) is 22.2. The number of aromatic amines is 1. The number of carbonyl (C=O) groups is 1. The molecular formula is C23H27N7O2. The summed E-state index contributed by atoms with van der Waals surface area (Å²) in [4.78, 5) is 40.9. The number of aromatic nitrogens is 3. The van der Waals surface area contributed by atoms with Crippen LogP contribution >= 0.6 is 0 Å². The summed E-state index contributed by atoms with van der Waals surface area (Å²) in [5.41, 5.74) is 4.89. The normalized spacial score (nSPS) is 18.1. The molecule has 3 N–H and O–H groups in total. The standard InChI is InChI=1S/C23H27N7O2/c1-3-15-9-18-19(28-22(15)31)8-14(10-25-18)12-29-6-7-30-16(13-29)11-26-21-20(30)5-4-17(27-21)23(32)24-2/h4-5,8-10,16H,3,6-7,11-13H2,1-2H3,(H,24,32)(H,26,27)(H,28,31)/t16-/m0/s1. The summed E-state index contributed by atoms with van der Waals surface area (Å²) in [6, 6.07) is 8.00. The number of hydrogen-bond acceptors (Lipinski definition) is 7. The van der Waals surface area contributed by atoms with Gasteiger partial charge in [0.25, 0.3) is 11.5 Å². The zero-order valence-corrected chi connectivity index (χ0v) is 18.3. The number of anilines is 2. The van der Waals surface area contributed by atoms with Gasteiger partial charge >= 0.3 is 0 Å². The lowest BCUT2D eigenvalue weighted by molar-refractivity contribution is 0.0958. The van der Waals surface area contributed by atoms with Crippen LogP contribution in [-0.4, -0.2) is 65.0 Å². The van der Waals surface area contributed by atoms with Crippen molar-refractivity contribution in [1.82, 2.24) is 25.2 Å². The largest absolute Gasteiger partial charge is 0.366 e. The highest BCUT2D eigenvalue weighted by molar-refractivity contribution is 5.93. The van der Waals surface area contributed by atoms with Crippen LogP contribution in [0.3, 0.4) is 0 Å².